The molecule has 1 N–H and O–H groups in total. The zero-order valence-corrected chi connectivity index (χ0v) is 15.3. The van der Waals surface area contributed by atoms with Crippen molar-refractivity contribution in [3.8, 4) is 0 Å². The summed E-state index contributed by atoms with van der Waals surface area (Å²) in [6.45, 7) is 4.15. The van der Waals surface area contributed by atoms with Crippen molar-refractivity contribution in [2.45, 2.75) is 44.1 Å². The molecule has 0 spiro atoms. The van der Waals surface area contributed by atoms with Crippen molar-refractivity contribution in [3.63, 3.8) is 0 Å². The van der Waals surface area contributed by atoms with E-state index in [1.807, 2.05) is 15.8 Å². The lowest BCUT2D eigenvalue weighted by Gasteiger charge is -2.32. The molecule has 5 nitrogen and oxygen atoms in total. The molecule has 1 aromatic carbocycles. The minimum Gasteiger partial charge on any atom is -0.341 e. The van der Waals surface area contributed by atoms with Gasteiger partial charge in [0.2, 0.25) is 5.91 Å². The standard InChI is InChI=1S/C21H28N4O/c26-21(16-25-14-10-20(23-25)19-7-4-11-22-15-19)24-12-8-18(9-13-24)17-5-2-1-3-6-17/h1-3,5-6,10,14,18-19,22H,4,7-9,11-13,15-16H2/t19-/m0/s1. The molecule has 0 radical (unpaired) electrons. The first-order valence-corrected chi connectivity index (χ1v) is 9.86. The molecule has 0 unspecified atom stereocenters. The fraction of sp³-hybridized carbons (Fsp3) is 0.524. The molecular formula is C21H28N4O. The van der Waals surface area contributed by atoms with Crippen molar-refractivity contribution in [1.82, 2.24) is 20.0 Å². The molecule has 2 fully saturated rings. The number of nitrogens with zero attached hydrogens (tertiary/aromatic N) is 3. The Morgan fingerprint density at radius 1 is 1.08 bits per heavy atom. The van der Waals surface area contributed by atoms with Gasteiger partial charge in [-0.05, 0) is 49.8 Å². The molecule has 4 rings (SSSR count). The molecule has 2 aromatic rings. The molecule has 0 bridgehead atoms. The van der Waals surface area contributed by atoms with Gasteiger partial charge in [-0.15, -0.1) is 0 Å². The number of carbonyl (C=O) groups is 1. The van der Waals surface area contributed by atoms with Crippen LogP contribution >= 0.6 is 0 Å². The van der Waals surface area contributed by atoms with Gasteiger partial charge in [-0.2, -0.15) is 5.10 Å². The number of benzene rings is 1. The van der Waals surface area contributed by atoms with E-state index in [0.717, 1.165) is 44.7 Å². The van der Waals surface area contributed by atoms with E-state index < -0.39 is 0 Å². The summed E-state index contributed by atoms with van der Waals surface area (Å²) < 4.78 is 1.82. The van der Waals surface area contributed by atoms with Gasteiger partial charge in [-0.25, -0.2) is 0 Å². The van der Waals surface area contributed by atoms with E-state index in [2.05, 4.69) is 46.8 Å². The summed E-state index contributed by atoms with van der Waals surface area (Å²) in [6, 6.07) is 12.7. The summed E-state index contributed by atoms with van der Waals surface area (Å²) in [6.07, 6.45) is 6.44. The summed E-state index contributed by atoms with van der Waals surface area (Å²) in [4.78, 5) is 14.7. The average molecular weight is 352 g/mol. The second kappa shape index (κ2) is 8.04. The van der Waals surface area contributed by atoms with Gasteiger partial charge in [0.25, 0.3) is 0 Å². The minimum atomic E-state index is 0.188. The number of nitrogens with one attached hydrogen (secondary N) is 1. The number of piperidine rings is 2. The third-order valence-electron chi connectivity index (χ3n) is 5.79. The molecule has 138 valence electrons. The zero-order chi connectivity index (χ0) is 17.8. The number of hydrogen-bond acceptors (Lipinski definition) is 3. The average Bonchev–Trinajstić information content (AvgIpc) is 3.18. The second-order valence-electron chi connectivity index (χ2n) is 7.55. The lowest BCUT2D eigenvalue weighted by atomic mass is 9.89. The maximum Gasteiger partial charge on any atom is 0.244 e. The highest BCUT2D eigenvalue weighted by Crippen LogP contribution is 2.28. The molecular weight excluding hydrogens is 324 g/mol. The minimum absolute atomic E-state index is 0.188. The van der Waals surface area contributed by atoms with Crippen molar-refractivity contribution in [3.05, 3.63) is 53.9 Å². The molecule has 2 aliphatic heterocycles. The number of rotatable bonds is 4. The summed E-state index contributed by atoms with van der Waals surface area (Å²) in [5, 5.41) is 8.09. The molecule has 2 saturated heterocycles. The fourth-order valence-corrected chi connectivity index (χ4v) is 4.21. The van der Waals surface area contributed by atoms with Gasteiger partial charge in [0.05, 0.1) is 5.69 Å². The highest BCUT2D eigenvalue weighted by molar-refractivity contribution is 5.76. The SMILES string of the molecule is O=C(Cn1ccc([C@H]2CCCNC2)n1)N1CCC(c2ccccc2)CC1. The van der Waals surface area contributed by atoms with Crippen LogP contribution in [0.3, 0.4) is 0 Å². The van der Waals surface area contributed by atoms with E-state index in [1.54, 1.807) is 0 Å². The van der Waals surface area contributed by atoms with Gasteiger partial charge >= 0.3 is 0 Å². The Kier molecular flexibility index (Phi) is 5.34. The predicted octanol–water partition coefficient (Wildman–Crippen LogP) is 2.76. The predicted molar refractivity (Wildman–Crippen MR) is 102 cm³/mol. The van der Waals surface area contributed by atoms with Gasteiger partial charge in [-0.3, -0.25) is 9.48 Å². The van der Waals surface area contributed by atoms with E-state index in [9.17, 15) is 4.79 Å². The number of amides is 1. The van der Waals surface area contributed by atoms with E-state index in [4.69, 9.17) is 0 Å². The molecule has 26 heavy (non-hydrogen) atoms. The van der Waals surface area contributed by atoms with Crippen LogP contribution in [0.2, 0.25) is 0 Å². The van der Waals surface area contributed by atoms with Crippen molar-refractivity contribution in [2.75, 3.05) is 26.2 Å². The molecule has 1 atom stereocenters. The lowest BCUT2D eigenvalue weighted by Crippen LogP contribution is -2.39. The van der Waals surface area contributed by atoms with Crippen LogP contribution < -0.4 is 5.32 Å². The molecule has 0 saturated carbocycles. The third-order valence-corrected chi connectivity index (χ3v) is 5.79. The van der Waals surface area contributed by atoms with Crippen LogP contribution in [0.4, 0.5) is 0 Å². The highest BCUT2D eigenvalue weighted by Gasteiger charge is 2.24. The van der Waals surface area contributed by atoms with Crippen molar-refractivity contribution in [1.29, 1.82) is 0 Å². The Balaban J connectivity index is 1.30. The van der Waals surface area contributed by atoms with Crippen LogP contribution in [0.5, 0.6) is 0 Å². The fourth-order valence-electron chi connectivity index (χ4n) is 4.21. The smallest absolute Gasteiger partial charge is 0.244 e. The topological polar surface area (TPSA) is 50.2 Å². The third kappa shape index (κ3) is 3.98. The van der Waals surface area contributed by atoms with E-state index >= 15 is 0 Å². The summed E-state index contributed by atoms with van der Waals surface area (Å²) in [7, 11) is 0. The first-order valence-electron chi connectivity index (χ1n) is 9.86. The van der Waals surface area contributed by atoms with Gasteiger partial charge < -0.3 is 10.2 Å². The van der Waals surface area contributed by atoms with Crippen LogP contribution in [0.1, 0.15) is 48.8 Å². The number of aromatic nitrogens is 2. The Morgan fingerprint density at radius 2 is 1.88 bits per heavy atom. The first kappa shape index (κ1) is 17.3. The maximum absolute atomic E-state index is 12.6. The van der Waals surface area contributed by atoms with Gasteiger partial charge in [0.1, 0.15) is 6.54 Å². The Bertz CT molecular complexity index is 713. The van der Waals surface area contributed by atoms with Crippen LogP contribution in [-0.4, -0.2) is 46.8 Å². The number of hydrogen-bond donors (Lipinski definition) is 1. The van der Waals surface area contributed by atoms with Crippen molar-refractivity contribution in [2.24, 2.45) is 0 Å². The van der Waals surface area contributed by atoms with E-state index in [0.29, 0.717) is 18.4 Å². The number of carbonyl (C=O) groups excluding carboxylic acids is 1. The van der Waals surface area contributed by atoms with Crippen LogP contribution in [0, 0.1) is 0 Å². The van der Waals surface area contributed by atoms with Crippen LogP contribution in [-0.2, 0) is 11.3 Å². The Morgan fingerprint density at radius 3 is 2.62 bits per heavy atom. The second-order valence-corrected chi connectivity index (χ2v) is 7.55. The van der Waals surface area contributed by atoms with Crippen LogP contribution in [0.15, 0.2) is 42.6 Å². The summed E-state index contributed by atoms with van der Waals surface area (Å²) in [5.74, 6) is 1.25. The highest BCUT2D eigenvalue weighted by atomic mass is 16.2. The molecule has 0 aliphatic carbocycles. The quantitative estimate of drug-likeness (QED) is 0.920. The molecule has 1 aromatic heterocycles. The molecule has 1 amide bonds. The molecule has 2 aliphatic rings. The normalized spacial score (nSPS) is 21.7. The largest absolute Gasteiger partial charge is 0.341 e. The van der Waals surface area contributed by atoms with Gasteiger partial charge in [-0.1, -0.05) is 30.3 Å². The van der Waals surface area contributed by atoms with Crippen LogP contribution in [0.25, 0.3) is 0 Å². The molecule has 5 heteroatoms. The van der Waals surface area contributed by atoms with Gasteiger partial charge in [0.15, 0.2) is 0 Å². The lowest BCUT2D eigenvalue weighted by molar-refractivity contribution is -0.133. The summed E-state index contributed by atoms with van der Waals surface area (Å²) in [5.41, 5.74) is 2.52. The van der Waals surface area contributed by atoms with Crippen molar-refractivity contribution >= 4 is 5.91 Å². The Labute approximate surface area is 155 Å². The van der Waals surface area contributed by atoms with E-state index in [-0.39, 0.29) is 5.91 Å². The number of likely N-dealkylation sites (tertiary alicyclic amines) is 1. The first-order chi connectivity index (χ1) is 12.8. The Hall–Kier alpha value is -2.14. The van der Waals surface area contributed by atoms with E-state index in [1.165, 1.54) is 18.4 Å². The summed E-state index contributed by atoms with van der Waals surface area (Å²) >= 11 is 0. The van der Waals surface area contributed by atoms with Gasteiger partial charge in [0, 0.05) is 31.7 Å². The van der Waals surface area contributed by atoms with Crippen molar-refractivity contribution < 1.29 is 4.79 Å². The zero-order valence-electron chi connectivity index (χ0n) is 15.3. The maximum atomic E-state index is 12.6. The monoisotopic (exact) mass is 352 g/mol. The molecule has 3 heterocycles.